The average Bonchev–Trinajstić information content (AvgIpc) is 2.69. The van der Waals surface area contributed by atoms with Crippen molar-refractivity contribution in [2.75, 3.05) is 0 Å². The summed E-state index contributed by atoms with van der Waals surface area (Å²) in [5, 5.41) is 0. The van der Waals surface area contributed by atoms with Crippen molar-refractivity contribution < 1.29 is 0 Å². The monoisotopic (exact) mass is 387 g/mol. The highest BCUT2D eigenvalue weighted by molar-refractivity contribution is 9.12. The molecule has 2 N–H and O–H groups in total. The van der Waals surface area contributed by atoms with Gasteiger partial charge in [0.25, 0.3) is 0 Å². The molecule has 96 valence electrons. The zero-order valence-electron chi connectivity index (χ0n) is 10.1. The number of hydrogen-bond acceptors (Lipinski definition) is 2. The van der Waals surface area contributed by atoms with Gasteiger partial charge in [-0.25, -0.2) is 0 Å². The molecule has 18 heavy (non-hydrogen) atoms. The summed E-state index contributed by atoms with van der Waals surface area (Å²) in [7, 11) is 0. The molecule has 1 heterocycles. The highest BCUT2D eigenvalue weighted by Crippen LogP contribution is 2.36. The molecule has 1 aromatic carbocycles. The first-order valence-electron chi connectivity index (χ1n) is 5.91. The molecule has 1 atom stereocenters. The first kappa shape index (κ1) is 14.3. The van der Waals surface area contributed by atoms with Crippen LogP contribution in [-0.4, -0.2) is 0 Å². The van der Waals surface area contributed by atoms with Gasteiger partial charge in [0, 0.05) is 0 Å². The quantitative estimate of drug-likeness (QED) is 0.757. The molecule has 0 spiro atoms. The lowest BCUT2D eigenvalue weighted by atomic mass is 10.00. The van der Waals surface area contributed by atoms with E-state index in [4.69, 9.17) is 5.73 Å². The van der Waals surface area contributed by atoms with E-state index in [9.17, 15) is 0 Å². The van der Waals surface area contributed by atoms with E-state index in [1.165, 1.54) is 12.0 Å². The maximum atomic E-state index is 6.31. The fourth-order valence-electron chi connectivity index (χ4n) is 1.92. The van der Waals surface area contributed by atoms with Crippen LogP contribution in [0.2, 0.25) is 0 Å². The van der Waals surface area contributed by atoms with Gasteiger partial charge in [0.05, 0.1) is 13.6 Å². The fraction of sp³-hybridized carbons (Fsp3) is 0.286. The van der Waals surface area contributed by atoms with Gasteiger partial charge in [-0.2, -0.15) is 0 Å². The Morgan fingerprint density at radius 2 is 1.89 bits per heavy atom. The molecule has 2 aromatic rings. The second kappa shape index (κ2) is 6.33. The van der Waals surface area contributed by atoms with E-state index >= 15 is 0 Å². The molecular formula is C14H15Br2NS. The molecule has 0 aliphatic carbocycles. The Bertz CT molecular complexity index is 519. The molecule has 4 heteroatoms. The Hall–Kier alpha value is -0.160. The first-order chi connectivity index (χ1) is 8.61. The van der Waals surface area contributed by atoms with Gasteiger partial charge in [-0.1, -0.05) is 37.6 Å². The lowest BCUT2D eigenvalue weighted by molar-refractivity contribution is 0.866. The van der Waals surface area contributed by atoms with E-state index in [1.54, 1.807) is 11.3 Å². The Balaban J connectivity index is 2.23. The van der Waals surface area contributed by atoms with Crippen LogP contribution in [0.5, 0.6) is 0 Å². The molecule has 0 aliphatic heterocycles. The van der Waals surface area contributed by atoms with Gasteiger partial charge in [0.15, 0.2) is 0 Å². The first-order valence-corrected chi connectivity index (χ1v) is 8.31. The molecule has 1 aromatic heterocycles. The van der Waals surface area contributed by atoms with Crippen molar-refractivity contribution in [1.29, 1.82) is 0 Å². The normalized spacial score (nSPS) is 12.7. The number of benzene rings is 1. The van der Waals surface area contributed by atoms with Gasteiger partial charge < -0.3 is 5.73 Å². The average molecular weight is 389 g/mol. The minimum absolute atomic E-state index is 0.0717. The van der Waals surface area contributed by atoms with E-state index in [2.05, 4.69) is 69.1 Å². The van der Waals surface area contributed by atoms with Crippen molar-refractivity contribution in [3.63, 3.8) is 0 Å². The zero-order chi connectivity index (χ0) is 13.1. The van der Waals surface area contributed by atoms with Crippen LogP contribution in [0.15, 0.2) is 37.9 Å². The fourth-order valence-corrected chi connectivity index (χ4v) is 4.85. The molecule has 0 saturated carbocycles. The predicted molar refractivity (Wildman–Crippen MR) is 86.2 cm³/mol. The summed E-state index contributed by atoms with van der Waals surface area (Å²) >= 11 is 8.71. The van der Waals surface area contributed by atoms with E-state index in [1.807, 2.05) is 0 Å². The minimum atomic E-state index is -0.0717. The molecule has 1 unspecified atom stereocenters. The van der Waals surface area contributed by atoms with Gasteiger partial charge in [0.1, 0.15) is 0 Å². The minimum Gasteiger partial charge on any atom is -0.320 e. The van der Waals surface area contributed by atoms with Crippen LogP contribution < -0.4 is 5.73 Å². The lowest BCUT2D eigenvalue weighted by Crippen LogP contribution is -2.11. The maximum Gasteiger partial charge on any atom is 0.0761 e. The third-order valence-electron chi connectivity index (χ3n) is 2.90. The highest BCUT2D eigenvalue weighted by Gasteiger charge is 2.15. The number of nitrogens with two attached hydrogens (primary N) is 1. The van der Waals surface area contributed by atoms with Gasteiger partial charge >= 0.3 is 0 Å². The van der Waals surface area contributed by atoms with Gasteiger partial charge in [0.2, 0.25) is 0 Å². The summed E-state index contributed by atoms with van der Waals surface area (Å²) in [4.78, 5) is 0. The molecule has 0 saturated heterocycles. The Kier molecular flexibility index (Phi) is 5.01. The van der Waals surface area contributed by atoms with Crippen LogP contribution in [0, 0.1) is 0 Å². The van der Waals surface area contributed by atoms with Crippen LogP contribution >= 0.6 is 43.2 Å². The van der Waals surface area contributed by atoms with E-state index < -0.39 is 0 Å². The summed E-state index contributed by atoms with van der Waals surface area (Å²) < 4.78 is 2.20. The van der Waals surface area contributed by atoms with E-state index in [0.29, 0.717) is 0 Å². The number of thiophene rings is 1. The van der Waals surface area contributed by atoms with Crippen LogP contribution in [-0.2, 0) is 6.42 Å². The number of hydrogen-bond donors (Lipinski definition) is 1. The van der Waals surface area contributed by atoms with Gasteiger partial charge in [-0.15, -0.1) is 11.3 Å². The van der Waals surface area contributed by atoms with Crippen LogP contribution in [0.3, 0.4) is 0 Å². The Morgan fingerprint density at radius 1 is 1.22 bits per heavy atom. The smallest absolute Gasteiger partial charge is 0.0761 e. The number of aryl methyl sites for hydroxylation is 1. The molecule has 0 radical (unpaired) electrons. The van der Waals surface area contributed by atoms with Crippen molar-refractivity contribution in [2.45, 2.75) is 25.8 Å². The van der Waals surface area contributed by atoms with Crippen LogP contribution in [0.4, 0.5) is 0 Å². The van der Waals surface area contributed by atoms with Gasteiger partial charge in [-0.05, 0) is 61.0 Å². The molecule has 0 aliphatic rings. The summed E-state index contributed by atoms with van der Waals surface area (Å²) in [6, 6.07) is 10.6. The van der Waals surface area contributed by atoms with Crippen LogP contribution in [0.25, 0.3) is 0 Å². The van der Waals surface area contributed by atoms with Crippen molar-refractivity contribution in [3.05, 3.63) is 54.6 Å². The summed E-state index contributed by atoms with van der Waals surface area (Å²) in [5.41, 5.74) is 9.97. The predicted octanol–water partition coefficient (Wildman–Crippen LogP) is 5.27. The molecular weight excluding hydrogens is 374 g/mol. The number of rotatable bonds is 4. The largest absolute Gasteiger partial charge is 0.320 e. The molecule has 0 amide bonds. The van der Waals surface area contributed by atoms with E-state index in [-0.39, 0.29) is 6.04 Å². The maximum absolute atomic E-state index is 6.31. The number of halogens is 2. The lowest BCUT2D eigenvalue weighted by Gasteiger charge is -2.12. The molecule has 0 fully saturated rings. The Labute approximate surface area is 129 Å². The summed E-state index contributed by atoms with van der Waals surface area (Å²) in [6.45, 7) is 2.19. The summed E-state index contributed by atoms with van der Waals surface area (Å²) in [6.07, 6.45) is 2.30. The van der Waals surface area contributed by atoms with Crippen molar-refractivity contribution in [3.8, 4) is 0 Å². The third-order valence-corrected chi connectivity index (χ3v) is 5.28. The molecule has 0 bridgehead atoms. The topological polar surface area (TPSA) is 26.0 Å². The standard InChI is InChI=1S/C14H15Br2NS/c1-2-3-9-4-6-10(7-5-9)13(17)11-8-12(15)18-14(11)16/h4-8,13H,2-3,17H2,1H3. The SMILES string of the molecule is CCCc1ccc(C(N)c2cc(Br)sc2Br)cc1. The zero-order valence-corrected chi connectivity index (χ0v) is 14.1. The second-order valence-electron chi connectivity index (χ2n) is 4.25. The van der Waals surface area contributed by atoms with Crippen molar-refractivity contribution >= 4 is 43.2 Å². The molecule has 2 rings (SSSR count). The molecule has 1 nitrogen and oxygen atoms in total. The van der Waals surface area contributed by atoms with Crippen LogP contribution in [0.1, 0.15) is 36.1 Å². The van der Waals surface area contributed by atoms with Gasteiger partial charge in [-0.3, -0.25) is 0 Å². The van der Waals surface area contributed by atoms with E-state index in [0.717, 1.165) is 25.1 Å². The highest BCUT2D eigenvalue weighted by atomic mass is 79.9. The third kappa shape index (κ3) is 3.23. The second-order valence-corrected chi connectivity index (χ2v) is 8.00. The Morgan fingerprint density at radius 3 is 2.39 bits per heavy atom. The summed E-state index contributed by atoms with van der Waals surface area (Å²) in [5.74, 6) is 0. The van der Waals surface area contributed by atoms with Crippen molar-refractivity contribution in [2.24, 2.45) is 5.73 Å². The van der Waals surface area contributed by atoms with Crippen molar-refractivity contribution in [1.82, 2.24) is 0 Å².